The number of carbonyl (C=O) groups excluding carboxylic acids is 1. The maximum atomic E-state index is 10.4. The molecular weight excluding hydrogens is 191 g/mol. The fraction of sp³-hybridized carbons (Fsp3) is 0.800. The minimum absolute atomic E-state index is 0. The second-order valence-corrected chi connectivity index (χ2v) is 1.71. The van der Waals surface area contributed by atoms with E-state index in [4.69, 9.17) is 0 Å². The molecule has 1 fully saturated rings. The Morgan fingerprint density at radius 3 is 2.00 bits per heavy atom. The van der Waals surface area contributed by atoms with Gasteiger partial charge in [-0.2, -0.15) is 0 Å². The summed E-state index contributed by atoms with van der Waals surface area (Å²) >= 11 is 0. The zero-order valence-corrected chi connectivity index (χ0v) is 6.28. The van der Waals surface area contributed by atoms with E-state index in [2.05, 4.69) is 5.32 Å². The van der Waals surface area contributed by atoms with Crippen LogP contribution in [-0.2, 0) is 24.3 Å². The van der Waals surface area contributed by atoms with Crippen LogP contribution in [0.5, 0.6) is 0 Å². The van der Waals surface area contributed by atoms with E-state index < -0.39 is 0 Å². The molecule has 0 atom stereocenters. The summed E-state index contributed by atoms with van der Waals surface area (Å²) in [5.41, 5.74) is 0. The van der Waals surface area contributed by atoms with Crippen molar-refractivity contribution in [2.45, 2.75) is 12.8 Å². The van der Waals surface area contributed by atoms with Gasteiger partial charge in [0.15, 0.2) is 0 Å². The molecule has 3 heteroatoms. The zero-order valence-electron chi connectivity index (χ0n) is 4.54. The van der Waals surface area contributed by atoms with Gasteiger partial charge in [-0.3, -0.25) is 4.79 Å². The Hall–Kier alpha value is 0.253. The van der Waals surface area contributed by atoms with E-state index >= 15 is 0 Å². The molecule has 0 N–H and O–H groups in total. The Morgan fingerprint density at radius 1 is 1.25 bits per heavy atom. The van der Waals surface area contributed by atoms with Gasteiger partial charge in [0.1, 0.15) is 5.78 Å². The number of nitrogens with zero attached hydrogens (tertiary/aromatic N) is 1. The van der Waals surface area contributed by atoms with Crippen molar-refractivity contribution in [2.75, 3.05) is 13.1 Å². The predicted octanol–water partition coefficient (Wildman–Crippen LogP) is 0.721. The van der Waals surface area contributed by atoms with Gasteiger partial charge in [0, 0.05) is 0 Å². The number of hydrogen-bond acceptors (Lipinski definition) is 1. The van der Waals surface area contributed by atoms with Crippen LogP contribution in [-0.4, -0.2) is 18.9 Å². The third-order valence-corrected chi connectivity index (χ3v) is 1.10. The van der Waals surface area contributed by atoms with Crippen LogP contribution in [0.25, 0.3) is 5.32 Å². The minimum atomic E-state index is 0. The van der Waals surface area contributed by atoms with Crippen molar-refractivity contribution in [3.63, 3.8) is 0 Å². The Labute approximate surface area is 61.8 Å². The number of piperidine rings is 1. The molecule has 47 valence electrons. The number of carbonyl (C=O) groups is 1. The third-order valence-electron chi connectivity index (χ3n) is 1.10. The summed E-state index contributed by atoms with van der Waals surface area (Å²) in [5.74, 6) is 0.370. The summed E-state index contributed by atoms with van der Waals surface area (Å²) in [4.78, 5) is 10.4. The van der Waals surface area contributed by atoms with E-state index in [1.165, 1.54) is 0 Å². The van der Waals surface area contributed by atoms with E-state index in [9.17, 15) is 4.79 Å². The first-order chi connectivity index (χ1) is 3.39. The maximum absolute atomic E-state index is 10.4. The van der Waals surface area contributed by atoms with E-state index in [-0.39, 0.29) is 19.5 Å². The van der Waals surface area contributed by atoms with E-state index in [0.29, 0.717) is 18.6 Å². The van der Waals surface area contributed by atoms with Crippen molar-refractivity contribution >= 4 is 5.78 Å². The van der Waals surface area contributed by atoms with Crippen LogP contribution in [0.3, 0.4) is 0 Å². The van der Waals surface area contributed by atoms with Gasteiger partial charge in [0.2, 0.25) is 0 Å². The summed E-state index contributed by atoms with van der Waals surface area (Å²) in [7, 11) is 0. The number of rotatable bonds is 0. The molecule has 1 rings (SSSR count). The first-order valence-electron chi connectivity index (χ1n) is 2.54. The molecule has 1 heterocycles. The molecule has 1 aliphatic rings. The molecule has 2 nitrogen and oxygen atoms in total. The molecule has 0 aromatic carbocycles. The van der Waals surface area contributed by atoms with Gasteiger partial charge in [-0.1, -0.05) is 0 Å². The van der Waals surface area contributed by atoms with Gasteiger partial charge in [0.25, 0.3) is 0 Å². The van der Waals surface area contributed by atoms with Crippen molar-refractivity contribution in [3.8, 4) is 0 Å². The normalized spacial score (nSPS) is 19.8. The molecule has 0 aromatic rings. The van der Waals surface area contributed by atoms with E-state index in [0.717, 1.165) is 13.1 Å². The second kappa shape index (κ2) is 4.16. The minimum Gasteiger partial charge on any atom is -0.662 e. The number of Topliss-reactive ketones (excluding diaryl/α,β-unsaturated/α-hetero) is 1. The van der Waals surface area contributed by atoms with Crippen molar-refractivity contribution in [2.24, 2.45) is 0 Å². The van der Waals surface area contributed by atoms with E-state index in [1.807, 2.05) is 0 Å². The Morgan fingerprint density at radius 2 is 1.75 bits per heavy atom. The van der Waals surface area contributed by atoms with Crippen LogP contribution in [0.15, 0.2) is 0 Å². The molecule has 0 saturated carbocycles. The topological polar surface area (TPSA) is 31.2 Å². The summed E-state index contributed by atoms with van der Waals surface area (Å²) in [6.07, 6.45) is 1.36. The molecular formula is C5H8NORu. The SMILES string of the molecule is O=C1CC[N-]CC1.[Ru+]. The Bertz CT molecular complexity index is 76.5. The average molecular weight is 199 g/mol. The van der Waals surface area contributed by atoms with Crippen molar-refractivity contribution in [3.05, 3.63) is 5.32 Å². The fourth-order valence-corrected chi connectivity index (χ4v) is 0.644. The maximum Gasteiger partial charge on any atom is 1.00 e. The molecule has 8 heavy (non-hydrogen) atoms. The van der Waals surface area contributed by atoms with Gasteiger partial charge in [-0.15, -0.1) is 13.1 Å². The molecule has 0 aliphatic carbocycles. The van der Waals surface area contributed by atoms with Crippen molar-refractivity contribution in [1.82, 2.24) is 0 Å². The molecule has 0 bridgehead atoms. The quantitative estimate of drug-likeness (QED) is 0.529. The predicted molar refractivity (Wildman–Crippen MR) is 27.3 cm³/mol. The molecule has 1 saturated heterocycles. The largest absolute Gasteiger partial charge is 1.00 e. The summed E-state index contributed by atoms with van der Waals surface area (Å²) < 4.78 is 0. The Kier molecular flexibility index (Phi) is 4.30. The van der Waals surface area contributed by atoms with Crippen molar-refractivity contribution in [1.29, 1.82) is 0 Å². The van der Waals surface area contributed by atoms with Crippen molar-refractivity contribution < 1.29 is 24.3 Å². The molecule has 0 aromatic heterocycles. The van der Waals surface area contributed by atoms with Crippen LogP contribution in [0.4, 0.5) is 0 Å². The summed E-state index contributed by atoms with van der Waals surface area (Å²) in [6, 6.07) is 0. The van der Waals surface area contributed by atoms with Gasteiger partial charge >= 0.3 is 19.5 Å². The van der Waals surface area contributed by atoms with Gasteiger partial charge in [-0.05, 0) is 12.8 Å². The first kappa shape index (κ1) is 8.25. The van der Waals surface area contributed by atoms with Crippen LogP contribution in [0.2, 0.25) is 0 Å². The zero-order chi connectivity index (χ0) is 5.11. The third kappa shape index (κ3) is 2.53. The smallest absolute Gasteiger partial charge is 0.662 e. The van der Waals surface area contributed by atoms with Crippen LogP contribution < -0.4 is 0 Å². The van der Waals surface area contributed by atoms with Gasteiger partial charge in [-0.25, -0.2) is 0 Å². The first-order valence-corrected chi connectivity index (χ1v) is 2.54. The number of ketones is 1. The summed E-state index contributed by atoms with van der Waals surface area (Å²) in [6.45, 7) is 1.53. The standard InChI is InChI=1S/C5H8NO.Ru/c7-5-1-3-6-4-2-5;/h1-4H2;/q-1;+1. The Balaban J connectivity index is 0.000000490. The molecule has 1 radical (unpaired) electrons. The number of hydrogen-bond donors (Lipinski definition) is 0. The molecule has 0 amide bonds. The summed E-state index contributed by atoms with van der Waals surface area (Å²) in [5, 5.41) is 4.01. The average Bonchev–Trinajstić information content (AvgIpc) is 1.69. The monoisotopic (exact) mass is 200 g/mol. The van der Waals surface area contributed by atoms with Crippen LogP contribution in [0.1, 0.15) is 12.8 Å². The van der Waals surface area contributed by atoms with Gasteiger partial charge < -0.3 is 5.32 Å². The molecule has 0 spiro atoms. The molecule has 0 unspecified atom stereocenters. The van der Waals surface area contributed by atoms with Crippen LogP contribution >= 0.6 is 0 Å². The second-order valence-electron chi connectivity index (χ2n) is 1.71. The van der Waals surface area contributed by atoms with E-state index in [1.54, 1.807) is 0 Å². The fourth-order valence-electron chi connectivity index (χ4n) is 0.644. The van der Waals surface area contributed by atoms with Crippen LogP contribution in [0, 0.1) is 0 Å². The van der Waals surface area contributed by atoms with Gasteiger partial charge in [0.05, 0.1) is 0 Å². The molecule has 1 aliphatic heterocycles.